The maximum atomic E-state index is 5.63. The van der Waals surface area contributed by atoms with Crippen molar-refractivity contribution in [2.75, 3.05) is 19.9 Å². The normalized spacial score (nSPS) is 28.1. The summed E-state index contributed by atoms with van der Waals surface area (Å²) in [6, 6.07) is 6.30. The van der Waals surface area contributed by atoms with Crippen molar-refractivity contribution in [3.8, 4) is 11.5 Å². The van der Waals surface area contributed by atoms with Crippen LogP contribution < -0.4 is 14.8 Å². The molecule has 2 unspecified atom stereocenters. The van der Waals surface area contributed by atoms with Crippen molar-refractivity contribution in [2.24, 2.45) is 0 Å². The molecular formula is C12H15NO3. The van der Waals surface area contributed by atoms with Gasteiger partial charge in [0.15, 0.2) is 11.5 Å². The molecule has 1 fully saturated rings. The van der Waals surface area contributed by atoms with Crippen molar-refractivity contribution in [1.82, 2.24) is 5.32 Å². The van der Waals surface area contributed by atoms with Crippen LogP contribution in [0.4, 0.5) is 0 Å². The van der Waals surface area contributed by atoms with E-state index >= 15 is 0 Å². The molecule has 1 aromatic rings. The van der Waals surface area contributed by atoms with Crippen molar-refractivity contribution in [2.45, 2.75) is 19.1 Å². The molecule has 1 saturated heterocycles. The van der Waals surface area contributed by atoms with Crippen LogP contribution in [-0.2, 0) is 4.74 Å². The van der Waals surface area contributed by atoms with Gasteiger partial charge in [0.05, 0.1) is 18.8 Å². The molecule has 0 bridgehead atoms. The van der Waals surface area contributed by atoms with Crippen LogP contribution in [0.5, 0.6) is 11.5 Å². The van der Waals surface area contributed by atoms with Gasteiger partial charge in [-0.25, -0.2) is 0 Å². The van der Waals surface area contributed by atoms with E-state index < -0.39 is 0 Å². The van der Waals surface area contributed by atoms with Gasteiger partial charge in [-0.2, -0.15) is 0 Å². The topological polar surface area (TPSA) is 39.7 Å². The quantitative estimate of drug-likeness (QED) is 0.779. The van der Waals surface area contributed by atoms with Crippen molar-refractivity contribution in [1.29, 1.82) is 0 Å². The molecular weight excluding hydrogens is 206 g/mol. The summed E-state index contributed by atoms with van der Waals surface area (Å²) in [7, 11) is 0. The lowest BCUT2D eigenvalue weighted by molar-refractivity contribution is 0.00753. The van der Waals surface area contributed by atoms with Gasteiger partial charge >= 0.3 is 0 Å². The lowest BCUT2D eigenvalue weighted by Gasteiger charge is -2.30. The first kappa shape index (κ1) is 9.93. The van der Waals surface area contributed by atoms with E-state index in [2.05, 4.69) is 18.3 Å². The van der Waals surface area contributed by atoms with Gasteiger partial charge in [-0.3, -0.25) is 0 Å². The average Bonchev–Trinajstić information content (AvgIpc) is 2.76. The maximum Gasteiger partial charge on any atom is 0.231 e. The summed E-state index contributed by atoms with van der Waals surface area (Å²) in [4.78, 5) is 0. The molecule has 1 aromatic carbocycles. The van der Waals surface area contributed by atoms with Crippen molar-refractivity contribution >= 4 is 0 Å². The van der Waals surface area contributed by atoms with E-state index in [1.165, 1.54) is 5.56 Å². The van der Waals surface area contributed by atoms with Crippen molar-refractivity contribution in [3.05, 3.63) is 23.8 Å². The predicted octanol–water partition coefficient (Wildman–Crippen LogP) is 1.46. The molecule has 2 atom stereocenters. The Hall–Kier alpha value is -1.26. The Morgan fingerprint density at radius 3 is 3.00 bits per heavy atom. The van der Waals surface area contributed by atoms with Gasteiger partial charge in [0, 0.05) is 6.54 Å². The number of nitrogens with one attached hydrogen (secondary N) is 1. The van der Waals surface area contributed by atoms with E-state index in [4.69, 9.17) is 14.2 Å². The number of fused-ring (bicyclic) bond motifs is 1. The molecule has 2 aliphatic rings. The fraction of sp³-hybridized carbons (Fsp3) is 0.500. The summed E-state index contributed by atoms with van der Waals surface area (Å²) in [5, 5.41) is 3.45. The summed E-state index contributed by atoms with van der Waals surface area (Å²) in [5.41, 5.74) is 1.19. The monoisotopic (exact) mass is 221 g/mol. The second-order valence-electron chi connectivity index (χ2n) is 4.12. The Morgan fingerprint density at radius 1 is 1.25 bits per heavy atom. The van der Waals surface area contributed by atoms with E-state index in [1.807, 2.05) is 12.1 Å². The van der Waals surface area contributed by atoms with Gasteiger partial charge in [0.1, 0.15) is 0 Å². The number of ether oxygens (including phenoxy) is 3. The average molecular weight is 221 g/mol. The zero-order valence-corrected chi connectivity index (χ0v) is 9.23. The molecule has 2 aliphatic heterocycles. The summed E-state index contributed by atoms with van der Waals surface area (Å²) in [5.74, 6) is 1.66. The van der Waals surface area contributed by atoms with Crippen LogP contribution in [0.2, 0.25) is 0 Å². The molecule has 0 aromatic heterocycles. The number of hydrogen-bond acceptors (Lipinski definition) is 4. The standard InChI is InChI=1S/C12H15NO3/c1-8-12(13-4-5-14-8)9-2-3-10-11(6-9)16-7-15-10/h2-3,6,8,12-13H,4-5,7H2,1H3. The SMILES string of the molecule is CC1OCCNC1c1ccc2c(c1)OCO2. The molecule has 86 valence electrons. The molecule has 16 heavy (non-hydrogen) atoms. The third-order valence-corrected chi connectivity index (χ3v) is 3.07. The molecule has 2 heterocycles. The van der Waals surface area contributed by atoms with Gasteiger partial charge in [-0.1, -0.05) is 6.07 Å². The molecule has 0 radical (unpaired) electrons. The Bertz CT molecular complexity index is 394. The minimum Gasteiger partial charge on any atom is -0.454 e. The summed E-state index contributed by atoms with van der Waals surface area (Å²) in [6.07, 6.45) is 0.189. The van der Waals surface area contributed by atoms with Gasteiger partial charge in [-0.05, 0) is 24.6 Å². The van der Waals surface area contributed by atoms with E-state index in [1.54, 1.807) is 0 Å². The van der Waals surface area contributed by atoms with E-state index in [0.717, 1.165) is 24.7 Å². The smallest absolute Gasteiger partial charge is 0.231 e. The number of benzene rings is 1. The Morgan fingerprint density at radius 2 is 2.12 bits per heavy atom. The Balaban J connectivity index is 1.88. The molecule has 0 amide bonds. The summed E-state index contributed by atoms with van der Waals surface area (Å²) < 4.78 is 16.3. The zero-order chi connectivity index (χ0) is 11.0. The van der Waals surface area contributed by atoms with Crippen LogP contribution in [0.15, 0.2) is 18.2 Å². The molecule has 0 saturated carbocycles. The second kappa shape index (κ2) is 3.96. The van der Waals surface area contributed by atoms with Crippen molar-refractivity contribution in [3.63, 3.8) is 0 Å². The highest BCUT2D eigenvalue weighted by Crippen LogP contribution is 2.35. The second-order valence-corrected chi connectivity index (χ2v) is 4.12. The molecule has 0 spiro atoms. The highest BCUT2D eigenvalue weighted by molar-refractivity contribution is 5.45. The molecule has 3 rings (SSSR count). The van der Waals surface area contributed by atoms with Crippen LogP contribution in [0.1, 0.15) is 18.5 Å². The minimum atomic E-state index is 0.189. The summed E-state index contributed by atoms with van der Waals surface area (Å²) >= 11 is 0. The first-order valence-electron chi connectivity index (χ1n) is 5.59. The largest absolute Gasteiger partial charge is 0.454 e. The van der Waals surface area contributed by atoms with Crippen LogP contribution in [-0.4, -0.2) is 26.0 Å². The van der Waals surface area contributed by atoms with E-state index in [9.17, 15) is 0 Å². The number of morpholine rings is 1. The van der Waals surface area contributed by atoms with Crippen LogP contribution in [0.3, 0.4) is 0 Å². The van der Waals surface area contributed by atoms with Gasteiger partial charge < -0.3 is 19.5 Å². The highest BCUT2D eigenvalue weighted by Gasteiger charge is 2.25. The molecule has 4 nitrogen and oxygen atoms in total. The Kier molecular flexibility index (Phi) is 2.46. The number of rotatable bonds is 1. The van der Waals surface area contributed by atoms with Crippen LogP contribution in [0.25, 0.3) is 0 Å². The lowest BCUT2D eigenvalue weighted by Crippen LogP contribution is -2.40. The highest BCUT2D eigenvalue weighted by atomic mass is 16.7. The van der Waals surface area contributed by atoms with Gasteiger partial charge in [0.2, 0.25) is 6.79 Å². The van der Waals surface area contributed by atoms with Crippen molar-refractivity contribution < 1.29 is 14.2 Å². The summed E-state index contributed by atoms with van der Waals surface area (Å²) in [6.45, 7) is 4.08. The van der Waals surface area contributed by atoms with Crippen LogP contribution >= 0.6 is 0 Å². The third-order valence-electron chi connectivity index (χ3n) is 3.07. The maximum absolute atomic E-state index is 5.63. The lowest BCUT2D eigenvalue weighted by atomic mass is 10.0. The third kappa shape index (κ3) is 1.64. The van der Waals surface area contributed by atoms with Gasteiger partial charge in [0.25, 0.3) is 0 Å². The fourth-order valence-corrected chi connectivity index (χ4v) is 2.22. The Labute approximate surface area is 94.5 Å². The number of hydrogen-bond donors (Lipinski definition) is 1. The fourth-order valence-electron chi connectivity index (χ4n) is 2.22. The molecule has 1 N–H and O–H groups in total. The first-order chi connectivity index (χ1) is 7.84. The van der Waals surface area contributed by atoms with E-state index in [0.29, 0.717) is 6.79 Å². The zero-order valence-electron chi connectivity index (χ0n) is 9.23. The molecule has 4 heteroatoms. The van der Waals surface area contributed by atoms with E-state index in [-0.39, 0.29) is 12.1 Å². The molecule has 0 aliphatic carbocycles. The minimum absolute atomic E-state index is 0.189. The van der Waals surface area contributed by atoms with Gasteiger partial charge in [-0.15, -0.1) is 0 Å². The first-order valence-corrected chi connectivity index (χ1v) is 5.59. The predicted molar refractivity (Wildman–Crippen MR) is 58.7 cm³/mol. The van der Waals surface area contributed by atoms with Crippen LogP contribution in [0, 0.1) is 0 Å².